The summed E-state index contributed by atoms with van der Waals surface area (Å²) in [5, 5.41) is 3.99. The van der Waals surface area contributed by atoms with Gasteiger partial charge in [0, 0.05) is 25.4 Å². The molecule has 0 spiro atoms. The molecule has 0 bridgehead atoms. The van der Waals surface area contributed by atoms with Crippen LogP contribution >= 0.6 is 11.3 Å². The van der Waals surface area contributed by atoms with Crippen LogP contribution in [0.5, 0.6) is 0 Å². The van der Waals surface area contributed by atoms with Gasteiger partial charge in [-0.05, 0) is 40.1 Å². The summed E-state index contributed by atoms with van der Waals surface area (Å²) >= 11 is 1.60. The number of amides is 1. The van der Waals surface area contributed by atoms with E-state index >= 15 is 0 Å². The first-order valence-electron chi connectivity index (χ1n) is 6.38. The van der Waals surface area contributed by atoms with Crippen molar-refractivity contribution in [2.45, 2.75) is 12.3 Å². The topological polar surface area (TPSA) is 54.5 Å². The van der Waals surface area contributed by atoms with Gasteiger partial charge in [-0.3, -0.25) is 4.79 Å². The summed E-state index contributed by atoms with van der Waals surface area (Å²) in [4.78, 5) is 13.9. The highest BCUT2D eigenvalue weighted by molar-refractivity contribution is 7.89. The highest BCUT2D eigenvalue weighted by Gasteiger charge is 2.13. The molecule has 0 fully saturated rings. The van der Waals surface area contributed by atoms with Gasteiger partial charge in [0.25, 0.3) is 5.91 Å². The fourth-order valence-corrected chi connectivity index (χ4v) is 3.45. The van der Waals surface area contributed by atoms with Crippen molar-refractivity contribution in [1.29, 1.82) is 0 Å². The van der Waals surface area contributed by atoms with Crippen LogP contribution in [0.2, 0.25) is 0 Å². The Morgan fingerprint density at radius 1 is 1.14 bits per heavy atom. The SMILES string of the molecule is CN(Cc1ccsc1)C(=O)c1ccc(CS(C)(=O)=O)cc1. The van der Waals surface area contributed by atoms with Crippen molar-refractivity contribution >= 4 is 27.1 Å². The Bertz CT molecular complexity index is 704. The summed E-state index contributed by atoms with van der Waals surface area (Å²) in [5.74, 6) is -0.0845. The molecular formula is C15H17NO3S2. The highest BCUT2D eigenvalue weighted by atomic mass is 32.2. The van der Waals surface area contributed by atoms with Gasteiger partial charge in [-0.1, -0.05) is 12.1 Å². The van der Waals surface area contributed by atoms with Gasteiger partial charge in [0.05, 0.1) is 5.75 Å². The van der Waals surface area contributed by atoms with E-state index in [2.05, 4.69) is 0 Å². The maximum atomic E-state index is 12.3. The lowest BCUT2D eigenvalue weighted by atomic mass is 10.1. The number of hydrogen-bond donors (Lipinski definition) is 0. The first-order chi connectivity index (χ1) is 9.85. The van der Waals surface area contributed by atoms with Crippen LogP contribution in [-0.4, -0.2) is 32.5 Å². The van der Waals surface area contributed by atoms with Crippen LogP contribution in [0.25, 0.3) is 0 Å². The van der Waals surface area contributed by atoms with E-state index in [-0.39, 0.29) is 11.7 Å². The van der Waals surface area contributed by atoms with E-state index in [0.29, 0.717) is 17.7 Å². The molecule has 1 amide bonds. The fraction of sp³-hybridized carbons (Fsp3) is 0.267. The van der Waals surface area contributed by atoms with Crippen LogP contribution in [0.3, 0.4) is 0 Å². The smallest absolute Gasteiger partial charge is 0.253 e. The second-order valence-electron chi connectivity index (χ2n) is 5.06. The number of carbonyl (C=O) groups is 1. The molecule has 1 heterocycles. The van der Waals surface area contributed by atoms with Crippen LogP contribution in [0, 0.1) is 0 Å². The lowest BCUT2D eigenvalue weighted by molar-refractivity contribution is 0.0785. The molecule has 0 N–H and O–H groups in total. The Morgan fingerprint density at radius 2 is 1.81 bits per heavy atom. The molecule has 1 aromatic heterocycles. The predicted octanol–water partition coefficient (Wildman–Crippen LogP) is 2.56. The van der Waals surface area contributed by atoms with E-state index in [4.69, 9.17) is 0 Å². The summed E-state index contributed by atoms with van der Waals surface area (Å²) < 4.78 is 22.5. The van der Waals surface area contributed by atoms with E-state index in [1.165, 1.54) is 6.26 Å². The van der Waals surface area contributed by atoms with Gasteiger partial charge in [0.2, 0.25) is 0 Å². The van der Waals surface area contributed by atoms with Crippen LogP contribution in [0.4, 0.5) is 0 Å². The molecule has 0 aliphatic carbocycles. The number of benzene rings is 1. The Balaban J connectivity index is 2.05. The van der Waals surface area contributed by atoms with Crippen molar-refractivity contribution in [2.75, 3.05) is 13.3 Å². The Kier molecular flexibility index (Phi) is 4.80. The summed E-state index contributed by atoms with van der Waals surface area (Å²) in [5.41, 5.74) is 2.35. The molecule has 0 aliphatic heterocycles. The quantitative estimate of drug-likeness (QED) is 0.850. The number of thiophene rings is 1. The number of carbonyl (C=O) groups excluding carboxylic acids is 1. The number of sulfone groups is 1. The van der Waals surface area contributed by atoms with Gasteiger partial charge in [-0.15, -0.1) is 0 Å². The minimum absolute atomic E-state index is 0.00772. The minimum Gasteiger partial charge on any atom is -0.337 e. The molecular weight excluding hydrogens is 306 g/mol. The monoisotopic (exact) mass is 323 g/mol. The average Bonchev–Trinajstić information content (AvgIpc) is 2.90. The van der Waals surface area contributed by atoms with Crippen molar-refractivity contribution in [3.05, 3.63) is 57.8 Å². The summed E-state index contributed by atoms with van der Waals surface area (Å²) in [6.07, 6.45) is 1.20. The maximum absolute atomic E-state index is 12.3. The summed E-state index contributed by atoms with van der Waals surface area (Å²) in [7, 11) is -1.30. The largest absolute Gasteiger partial charge is 0.337 e. The van der Waals surface area contributed by atoms with E-state index in [1.54, 1.807) is 47.5 Å². The predicted molar refractivity (Wildman–Crippen MR) is 85.1 cm³/mol. The molecule has 2 aromatic rings. The van der Waals surface area contributed by atoms with Crippen LogP contribution < -0.4 is 0 Å². The standard InChI is InChI=1S/C15H17NO3S2/c1-16(9-13-7-8-20-10-13)15(17)14-5-3-12(4-6-14)11-21(2,18)19/h3-8,10H,9,11H2,1-2H3. The molecule has 0 saturated heterocycles. The molecule has 0 aliphatic rings. The van der Waals surface area contributed by atoms with Crippen molar-refractivity contribution in [2.24, 2.45) is 0 Å². The Morgan fingerprint density at radius 3 is 2.33 bits per heavy atom. The molecule has 112 valence electrons. The highest BCUT2D eigenvalue weighted by Crippen LogP contribution is 2.13. The van der Waals surface area contributed by atoms with Crippen molar-refractivity contribution < 1.29 is 13.2 Å². The van der Waals surface area contributed by atoms with Crippen molar-refractivity contribution in [3.63, 3.8) is 0 Å². The second-order valence-corrected chi connectivity index (χ2v) is 7.98. The summed E-state index contributed by atoms with van der Waals surface area (Å²) in [6, 6.07) is 8.71. The van der Waals surface area contributed by atoms with E-state index < -0.39 is 9.84 Å². The van der Waals surface area contributed by atoms with Gasteiger partial charge >= 0.3 is 0 Å². The lowest BCUT2D eigenvalue weighted by Crippen LogP contribution is -2.25. The fourth-order valence-electron chi connectivity index (χ4n) is 1.99. The van der Waals surface area contributed by atoms with Gasteiger partial charge in [0.15, 0.2) is 9.84 Å². The molecule has 4 nitrogen and oxygen atoms in total. The van der Waals surface area contributed by atoms with Gasteiger partial charge in [-0.2, -0.15) is 11.3 Å². The van der Waals surface area contributed by atoms with E-state index in [1.807, 2.05) is 16.8 Å². The van der Waals surface area contributed by atoms with Crippen molar-refractivity contribution in [3.8, 4) is 0 Å². The molecule has 1 aromatic carbocycles. The van der Waals surface area contributed by atoms with Gasteiger partial charge < -0.3 is 4.90 Å². The molecule has 6 heteroatoms. The third-order valence-corrected chi connectivity index (χ3v) is 4.57. The van der Waals surface area contributed by atoms with Crippen LogP contribution in [-0.2, 0) is 22.1 Å². The Hall–Kier alpha value is -1.66. The van der Waals surface area contributed by atoms with E-state index in [0.717, 1.165) is 5.56 Å². The van der Waals surface area contributed by atoms with Crippen LogP contribution in [0.15, 0.2) is 41.1 Å². The average molecular weight is 323 g/mol. The van der Waals surface area contributed by atoms with Gasteiger partial charge in [0.1, 0.15) is 0 Å². The van der Waals surface area contributed by atoms with Gasteiger partial charge in [-0.25, -0.2) is 8.42 Å². The van der Waals surface area contributed by atoms with Crippen LogP contribution in [0.1, 0.15) is 21.5 Å². The lowest BCUT2D eigenvalue weighted by Gasteiger charge is -2.16. The number of rotatable bonds is 5. The second kappa shape index (κ2) is 6.41. The third kappa shape index (κ3) is 4.68. The summed E-state index contributed by atoms with van der Waals surface area (Å²) in [6.45, 7) is 0.563. The normalized spacial score (nSPS) is 11.3. The Labute approximate surface area is 129 Å². The zero-order valence-electron chi connectivity index (χ0n) is 11.9. The molecule has 2 rings (SSSR count). The van der Waals surface area contributed by atoms with E-state index in [9.17, 15) is 13.2 Å². The third-order valence-electron chi connectivity index (χ3n) is 2.98. The molecule has 0 unspecified atom stereocenters. The van der Waals surface area contributed by atoms with Crippen molar-refractivity contribution in [1.82, 2.24) is 4.90 Å². The first kappa shape index (κ1) is 15.7. The first-order valence-corrected chi connectivity index (χ1v) is 9.39. The molecule has 0 saturated carbocycles. The maximum Gasteiger partial charge on any atom is 0.253 e. The minimum atomic E-state index is -3.06. The molecule has 0 radical (unpaired) electrons. The zero-order valence-corrected chi connectivity index (χ0v) is 13.6. The zero-order chi connectivity index (χ0) is 15.5. The number of nitrogens with zero attached hydrogens (tertiary/aromatic N) is 1. The molecule has 0 atom stereocenters. The molecule has 21 heavy (non-hydrogen) atoms. The number of hydrogen-bond acceptors (Lipinski definition) is 4.